The number of nitrogen functional groups attached to an aromatic ring is 1. The molecule has 4 rings (SSSR count). The summed E-state index contributed by atoms with van der Waals surface area (Å²) in [4.78, 5) is 20.4. The van der Waals surface area contributed by atoms with Crippen LogP contribution in [0.3, 0.4) is 0 Å². The number of hydrogen-bond acceptors (Lipinski definition) is 6. The summed E-state index contributed by atoms with van der Waals surface area (Å²) in [6.45, 7) is 8.63. The van der Waals surface area contributed by atoms with Gasteiger partial charge < -0.3 is 15.6 Å². The maximum absolute atomic E-state index is 15.5. The predicted octanol–water partition coefficient (Wildman–Crippen LogP) is 5.82. The van der Waals surface area contributed by atoms with E-state index >= 15 is 8.78 Å². The van der Waals surface area contributed by atoms with Gasteiger partial charge >= 0.3 is 0 Å². The second-order valence-electron chi connectivity index (χ2n) is 8.78. The quantitative estimate of drug-likeness (QED) is 0.288. The number of aromatic nitrogens is 3. The number of nitrogens with two attached hydrogens (primary N) is 1. The standard InChI is InChI=1S/C27H28F2N6O2S/c1-6-38(37,7-2)34-21-11-8-16(12-20(21)29)22-23-25(30)31-14-32-26(23)35(5)24(22)18-10-9-17(13-19(18)28)33-27(36)15(3)4/h8-14H,3,6-7H2,1-2,4-5H3,(H,33,36)(H2,30,31,32). The van der Waals surface area contributed by atoms with Gasteiger partial charge in [-0.1, -0.05) is 26.5 Å². The Balaban J connectivity index is 1.95. The molecule has 0 saturated heterocycles. The van der Waals surface area contributed by atoms with Crippen LogP contribution in [-0.2, 0) is 21.6 Å². The first-order valence-corrected chi connectivity index (χ1v) is 13.7. The number of nitrogens with one attached hydrogen (secondary N) is 1. The molecule has 0 aliphatic carbocycles. The van der Waals surface area contributed by atoms with Gasteiger partial charge in [-0.2, -0.15) is 4.36 Å². The molecular formula is C27H28F2N6O2S. The number of nitrogens with zero attached hydrogens (tertiary/aromatic N) is 4. The van der Waals surface area contributed by atoms with Gasteiger partial charge in [-0.25, -0.2) is 23.0 Å². The smallest absolute Gasteiger partial charge is 0.250 e. The lowest BCUT2D eigenvalue weighted by atomic mass is 9.98. The molecule has 0 aliphatic heterocycles. The highest BCUT2D eigenvalue weighted by molar-refractivity contribution is 7.93. The molecule has 0 unspecified atom stereocenters. The summed E-state index contributed by atoms with van der Waals surface area (Å²) in [5, 5.41) is 3.02. The zero-order chi connectivity index (χ0) is 27.8. The molecule has 0 spiro atoms. The van der Waals surface area contributed by atoms with Gasteiger partial charge in [0.1, 0.15) is 35.1 Å². The summed E-state index contributed by atoms with van der Waals surface area (Å²) in [5.74, 6) is -0.981. The third-order valence-electron chi connectivity index (χ3n) is 6.27. The van der Waals surface area contributed by atoms with E-state index in [1.807, 2.05) is 0 Å². The van der Waals surface area contributed by atoms with Crippen molar-refractivity contribution in [2.75, 3.05) is 22.6 Å². The number of fused-ring (bicyclic) bond motifs is 1. The first-order valence-electron chi connectivity index (χ1n) is 11.9. The molecule has 0 aliphatic rings. The van der Waals surface area contributed by atoms with Crippen LogP contribution in [-0.4, -0.2) is 36.2 Å². The number of benzene rings is 2. The van der Waals surface area contributed by atoms with Gasteiger partial charge in [0.15, 0.2) is 0 Å². The number of carbonyl (C=O) groups is 1. The summed E-state index contributed by atoms with van der Waals surface area (Å²) < 4.78 is 49.4. The minimum absolute atomic E-state index is 0.0164. The SMILES string of the molecule is C=C(C)C(=O)Nc1ccc(-c2c(-c3ccc(N=S(=O)(CC)CC)c(F)c3)c3c(N)ncnc3n2C)c(F)c1. The molecule has 0 saturated carbocycles. The van der Waals surface area contributed by atoms with E-state index in [4.69, 9.17) is 5.73 Å². The molecule has 0 fully saturated rings. The van der Waals surface area contributed by atoms with Crippen molar-refractivity contribution in [1.82, 2.24) is 14.5 Å². The Kier molecular flexibility index (Phi) is 7.32. The van der Waals surface area contributed by atoms with Gasteiger partial charge in [-0.05, 0) is 42.8 Å². The Hall–Kier alpha value is -4.12. The van der Waals surface area contributed by atoms with Crippen molar-refractivity contribution in [1.29, 1.82) is 0 Å². The lowest BCUT2D eigenvalue weighted by Gasteiger charge is -2.12. The van der Waals surface area contributed by atoms with Gasteiger partial charge in [0.05, 0.1) is 20.8 Å². The molecule has 0 atom stereocenters. The molecule has 1 amide bonds. The fourth-order valence-corrected chi connectivity index (χ4v) is 5.32. The van der Waals surface area contributed by atoms with Gasteiger partial charge in [0.25, 0.3) is 5.91 Å². The Morgan fingerprint density at radius 1 is 1.13 bits per heavy atom. The van der Waals surface area contributed by atoms with Crippen LogP contribution >= 0.6 is 0 Å². The maximum Gasteiger partial charge on any atom is 0.250 e. The number of anilines is 2. The van der Waals surface area contributed by atoms with Crippen LogP contribution < -0.4 is 11.1 Å². The molecule has 11 heteroatoms. The Bertz CT molecular complexity index is 1710. The minimum atomic E-state index is -2.57. The molecule has 3 N–H and O–H groups in total. The molecule has 8 nitrogen and oxygen atoms in total. The highest BCUT2D eigenvalue weighted by Crippen LogP contribution is 2.43. The van der Waals surface area contributed by atoms with Gasteiger partial charge in [-0.3, -0.25) is 4.79 Å². The fourth-order valence-electron chi connectivity index (χ4n) is 4.14. The van der Waals surface area contributed by atoms with Crippen molar-refractivity contribution in [2.45, 2.75) is 20.8 Å². The van der Waals surface area contributed by atoms with Crippen LogP contribution in [0.4, 0.5) is 26.0 Å². The summed E-state index contributed by atoms with van der Waals surface area (Å²) in [5.41, 5.74) is 8.56. The second-order valence-corrected chi connectivity index (χ2v) is 11.7. The molecule has 38 heavy (non-hydrogen) atoms. The average Bonchev–Trinajstić information content (AvgIpc) is 3.18. The highest BCUT2D eigenvalue weighted by atomic mass is 32.2. The summed E-state index contributed by atoms with van der Waals surface area (Å²) in [7, 11) is -0.878. The average molecular weight is 539 g/mol. The number of hydrogen-bond donors (Lipinski definition) is 2. The Morgan fingerprint density at radius 3 is 2.45 bits per heavy atom. The van der Waals surface area contributed by atoms with Crippen molar-refractivity contribution in [3.63, 3.8) is 0 Å². The normalized spacial score (nSPS) is 11.5. The summed E-state index contributed by atoms with van der Waals surface area (Å²) in [6.07, 6.45) is 1.30. The highest BCUT2D eigenvalue weighted by Gasteiger charge is 2.24. The molecule has 2 aromatic carbocycles. The number of carbonyl (C=O) groups excluding carboxylic acids is 1. The lowest BCUT2D eigenvalue weighted by Crippen LogP contribution is -2.12. The van der Waals surface area contributed by atoms with Gasteiger partial charge in [0.2, 0.25) is 0 Å². The summed E-state index contributed by atoms with van der Waals surface area (Å²) in [6, 6.07) is 8.60. The molecule has 0 bridgehead atoms. The van der Waals surface area contributed by atoms with Crippen molar-refractivity contribution in [2.24, 2.45) is 11.4 Å². The maximum atomic E-state index is 15.5. The van der Waals surface area contributed by atoms with Crippen molar-refractivity contribution < 1.29 is 17.8 Å². The van der Waals surface area contributed by atoms with Crippen molar-refractivity contribution in [3.05, 3.63) is 66.5 Å². The molecule has 2 heterocycles. The predicted molar refractivity (Wildman–Crippen MR) is 148 cm³/mol. The van der Waals surface area contributed by atoms with E-state index in [1.165, 1.54) is 30.6 Å². The van der Waals surface area contributed by atoms with Gasteiger partial charge in [-0.15, -0.1) is 0 Å². The van der Waals surface area contributed by atoms with E-state index < -0.39 is 27.3 Å². The molecule has 0 radical (unpaired) electrons. The van der Waals surface area contributed by atoms with E-state index in [1.54, 1.807) is 44.5 Å². The molecule has 4 aromatic rings. The fraction of sp³-hybridized carbons (Fsp3) is 0.222. The largest absolute Gasteiger partial charge is 0.383 e. The van der Waals surface area contributed by atoms with Crippen LogP contribution in [0.25, 0.3) is 33.4 Å². The minimum Gasteiger partial charge on any atom is -0.383 e. The van der Waals surface area contributed by atoms with Crippen molar-refractivity contribution >= 4 is 43.9 Å². The third-order valence-corrected chi connectivity index (χ3v) is 8.60. The monoisotopic (exact) mass is 538 g/mol. The van der Waals surface area contributed by atoms with Crippen LogP contribution in [0.1, 0.15) is 20.8 Å². The van der Waals surface area contributed by atoms with E-state index in [0.29, 0.717) is 39.4 Å². The van der Waals surface area contributed by atoms with E-state index in [-0.39, 0.29) is 28.3 Å². The molecule has 2 aromatic heterocycles. The number of halogens is 2. The first-order chi connectivity index (χ1) is 18.0. The van der Waals surface area contributed by atoms with E-state index in [2.05, 4.69) is 26.2 Å². The second kappa shape index (κ2) is 10.3. The number of aryl methyl sites for hydroxylation is 1. The van der Waals surface area contributed by atoms with Crippen LogP contribution in [0.15, 0.2) is 59.2 Å². The van der Waals surface area contributed by atoms with Crippen LogP contribution in [0.5, 0.6) is 0 Å². The Labute approximate surface area is 219 Å². The first kappa shape index (κ1) is 26.9. The third kappa shape index (κ3) is 4.89. The Morgan fingerprint density at radius 2 is 1.84 bits per heavy atom. The van der Waals surface area contributed by atoms with Crippen molar-refractivity contribution in [3.8, 4) is 22.4 Å². The van der Waals surface area contributed by atoms with Gasteiger partial charge in [0, 0.05) is 40.9 Å². The lowest BCUT2D eigenvalue weighted by molar-refractivity contribution is -0.112. The summed E-state index contributed by atoms with van der Waals surface area (Å²) >= 11 is 0. The van der Waals surface area contributed by atoms with E-state index in [9.17, 15) is 9.00 Å². The number of rotatable bonds is 7. The van der Waals surface area contributed by atoms with E-state index in [0.717, 1.165) is 0 Å². The van der Waals surface area contributed by atoms with Crippen LogP contribution in [0.2, 0.25) is 0 Å². The number of amides is 1. The zero-order valence-corrected chi connectivity index (χ0v) is 22.3. The zero-order valence-electron chi connectivity index (χ0n) is 21.5. The molecule has 198 valence electrons. The van der Waals surface area contributed by atoms with Crippen LogP contribution in [0, 0.1) is 11.6 Å². The topological polar surface area (TPSA) is 115 Å². The molecular weight excluding hydrogens is 510 g/mol.